The molecule has 1 saturated carbocycles. The van der Waals surface area contributed by atoms with Crippen LogP contribution in [0, 0.1) is 11.3 Å². The highest BCUT2D eigenvalue weighted by molar-refractivity contribution is 6.01. The molecule has 7 nitrogen and oxygen atoms in total. The van der Waals surface area contributed by atoms with E-state index in [4.69, 9.17) is 23.7 Å². The maximum atomic E-state index is 13.2. The number of allylic oxidation sites excluding steroid dienone is 1. The van der Waals surface area contributed by atoms with Gasteiger partial charge in [-0.3, -0.25) is 4.79 Å². The minimum absolute atomic E-state index is 0.0486. The molecule has 2 aromatic carbocycles. The number of carbonyl (C=O) groups is 1. The molecule has 4 rings (SSSR count). The Morgan fingerprint density at radius 2 is 1.70 bits per heavy atom. The van der Waals surface area contributed by atoms with Crippen LogP contribution in [0.25, 0.3) is 6.08 Å². The van der Waals surface area contributed by atoms with E-state index < -0.39 is 11.7 Å². The number of hydrogen-bond donors (Lipinski definition) is 1. The third kappa shape index (κ3) is 4.76. The molecule has 1 heterocycles. The third-order valence-corrected chi connectivity index (χ3v) is 8.10. The van der Waals surface area contributed by atoms with E-state index in [0.29, 0.717) is 29.2 Å². The van der Waals surface area contributed by atoms with E-state index in [-0.39, 0.29) is 11.3 Å². The standard InChI is InChI=1S/C30H39NO6/c1-19-18-29(2,17-15-24(19)34-4)16-14-20-8-13-23-25(26(20)35-5)30(37-7,27(36-6)28(32)31-23)21-9-11-22(33-3)12-10-21/h8-14,16,19,24,27H,15,17-18H2,1-7H3,(H,31,32)/b16-14+/t19-,24-,27+,29+,30-/m0/s1. The summed E-state index contributed by atoms with van der Waals surface area (Å²) in [6.07, 6.45) is 6.92. The van der Waals surface area contributed by atoms with E-state index in [1.165, 1.54) is 7.11 Å². The first kappa shape index (κ1) is 27.2. The Morgan fingerprint density at radius 3 is 2.27 bits per heavy atom. The van der Waals surface area contributed by atoms with Crippen molar-refractivity contribution in [2.24, 2.45) is 11.3 Å². The van der Waals surface area contributed by atoms with Crippen LogP contribution in [0.5, 0.6) is 11.5 Å². The van der Waals surface area contributed by atoms with Gasteiger partial charge < -0.3 is 29.0 Å². The van der Waals surface area contributed by atoms with E-state index in [2.05, 4.69) is 31.3 Å². The van der Waals surface area contributed by atoms with E-state index in [9.17, 15) is 4.79 Å². The first-order valence-corrected chi connectivity index (χ1v) is 12.7. The van der Waals surface area contributed by atoms with Crippen LogP contribution in [-0.4, -0.2) is 53.7 Å². The molecule has 37 heavy (non-hydrogen) atoms. The molecule has 1 N–H and O–H groups in total. The monoisotopic (exact) mass is 509 g/mol. The molecule has 1 aliphatic carbocycles. The number of amides is 1. The number of hydrogen-bond acceptors (Lipinski definition) is 6. The number of methoxy groups -OCH3 is 5. The molecule has 0 aromatic heterocycles. The Balaban J connectivity index is 1.85. The molecule has 1 aliphatic heterocycles. The van der Waals surface area contributed by atoms with Gasteiger partial charge in [-0.15, -0.1) is 0 Å². The Bertz CT molecular complexity index is 1150. The van der Waals surface area contributed by atoms with Crippen molar-refractivity contribution in [3.8, 4) is 11.5 Å². The van der Waals surface area contributed by atoms with Gasteiger partial charge in [-0.1, -0.05) is 38.1 Å². The minimum atomic E-state index is -1.23. The van der Waals surface area contributed by atoms with Crippen LogP contribution >= 0.6 is 0 Å². The molecule has 2 aromatic rings. The first-order chi connectivity index (χ1) is 17.8. The maximum absolute atomic E-state index is 13.2. The zero-order valence-electron chi connectivity index (χ0n) is 22.9. The van der Waals surface area contributed by atoms with Gasteiger partial charge in [-0.2, -0.15) is 0 Å². The van der Waals surface area contributed by atoms with Crippen LogP contribution in [0.2, 0.25) is 0 Å². The van der Waals surface area contributed by atoms with E-state index in [1.807, 2.05) is 36.4 Å². The number of ether oxygens (including phenoxy) is 5. The van der Waals surface area contributed by atoms with Gasteiger partial charge in [0.05, 0.1) is 31.6 Å². The second-order valence-electron chi connectivity index (χ2n) is 10.4. The fraction of sp³-hybridized carbons (Fsp3) is 0.500. The molecule has 0 radical (unpaired) electrons. The third-order valence-electron chi connectivity index (χ3n) is 8.10. The van der Waals surface area contributed by atoms with Gasteiger partial charge >= 0.3 is 0 Å². The highest BCUT2D eigenvalue weighted by Gasteiger charge is 2.53. The molecule has 0 spiro atoms. The van der Waals surface area contributed by atoms with Gasteiger partial charge in [0.25, 0.3) is 5.91 Å². The van der Waals surface area contributed by atoms with E-state index in [1.54, 1.807) is 28.4 Å². The van der Waals surface area contributed by atoms with Gasteiger partial charge in [0.1, 0.15) is 11.5 Å². The summed E-state index contributed by atoms with van der Waals surface area (Å²) in [5.74, 6) is 1.54. The fourth-order valence-corrected chi connectivity index (χ4v) is 6.19. The predicted octanol–water partition coefficient (Wildman–Crippen LogP) is 5.42. The molecule has 200 valence electrons. The summed E-state index contributed by atoms with van der Waals surface area (Å²) in [5.41, 5.74) is 1.83. The second-order valence-corrected chi connectivity index (χ2v) is 10.4. The van der Waals surface area contributed by atoms with Gasteiger partial charge in [0.2, 0.25) is 0 Å². The van der Waals surface area contributed by atoms with Crippen molar-refractivity contribution in [3.05, 3.63) is 59.2 Å². The lowest BCUT2D eigenvalue weighted by atomic mass is 9.69. The van der Waals surface area contributed by atoms with E-state index >= 15 is 0 Å². The summed E-state index contributed by atoms with van der Waals surface area (Å²) in [4.78, 5) is 13.2. The Kier molecular flexibility index (Phi) is 7.97. The number of carbonyl (C=O) groups excluding carboxylic acids is 1. The van der Waals surface area contributed by atoms with Gasteiger partial charge in [0, 0.05) is 26.9 Å². The summed E-state index contributed by atoms with van der Waals surface area (Å²) in [6, 6.07) is 11.4. The average Bonchev–Trinajstić information content (AvgIpc) is 2.91. The van der Waals surface area contributed by atoms with Crippen LogP contribution in [0.4, 0.5) is 5.69 Å². The van der Waals surface area contributed by atoms with Crippen molar-refractivity contribution < 1.29 is 28.5 Å². The normalized spacial score (nSPS) is 29.6. The Hall–Kier alpha value is -2.87. The van der Waals surface area contributed by atoms with Crippen LogP contribution in [-0.2, 0) is 24.6 Å². The molecule has 1 amide bonds. The Morgan fingerprint density at radius 1 is 0.973 bits per heavy atom. The van der Waals surface area contributed by atoms with Crippen LogP contribution in [0.1, 0.15) is 49.8 Å². The van der Waals surface area contributed by atoms with Gasteiger partial charge in [-0.05, 0) is 60.4 Å². The topological polar surface area (TPSA) is 75.3 Å². The van der Waals surface area contributed by atoms with Crippen molar-refractivity contribution in [1.82, 2.24) is 0 Å². The molecule has 7 heteroatoms. The molecular weight excluding hydrogens is 470 g/mol. The quantitative estimate of drug-likeness (QED) is 0.513. The molecule has 2 aliphatic rings. The van der Waals surface area contributed by atoms with Crippen LogP contribution < -0.4 is 14.8 Å². The van der Waals surface area contributed by atoms with Crippen molar-refractivity contribution in [3.63, 3.8) is 0 Å². The summed E-state index contributed by atoms with van der Waals surface area (Å²) in [5, 5.41) is 2.99. The van der Waals surface area contributed by atoms with Gasteiger partial charge in [-0.25, -0.2) is 0 Å². The van der Waals surface area contributed by atoms with Crippen molar-refractivity contribution in [2.45, 2.75) is 50.9 Å². The highest BCUT2D eigenvalue weighted by Crippen LogP contribution is 2.51. The largest absolute Gasteiger partial charge is 0.497 e. The molecule has 5 atom stereocenters. The van der Waals surface area contributed by atoms with Crippen molar-refractivity contribution >= 4 is 17.7 Å². The van der Waals surface area contributed by atoms with Crippen LogP contribution in [0.3, 0.4) is 0 Å². The lowest BCUT2D eigenvalue weighted by Crippen LogP contribution is -2.54. The fourth-order valence-electron chi connectivity index (χ4n) is 6.19. The number of nitrogens with one attached hydrogen (secondary N) is 1. The summed E-state index contributed by atoms with van der Waals surface area (Å²) in [6.45, 7) is 4.56. The minimum Gasteiger partial charge on any atom is -0.497 e. The second kappa shape index (κ2) is 10.9. The SMILES string of the molecule is COc1ccc([C@]2(OC)c3c(ccc(/C=C/[C@]4(C)CC[C@H](OC)[C@@H](C)C4)c3OC)NC(=O)[C@H]2OC)cc1. The summed E-state index contributed by atoms with van der Waals surface area (Å²) in [7, 11) is 8.17. The predicted molar refractivity (Wildman–Crippen MR) is 144 cm³/mol. The Labute approximate surface area is 220 Å². The highest BCUT2D eigenvalue weighted by atomic mass is 16.5. The zero-order valence-corrected chi connectivity index (χ0v) is 22.9. The zero-order chi connectivity index (χ0) is 26.8. The van der Waals surface area contributed by atoms with E-state index in [0.717, 1.165) is 36.0 Å². The lowest BCUT2D eigenvalue weighted by Gasteiger charge is -2.43. The summed E-state index contributed by atoms with van der Waals surface area (Å²) < 4.78 is 29.1. The van der Waals surface area contributed by atoms with Crippen molar-refractivity contribution in [2.75, 3.05) is 40.9 Å². The summed E-state index contributed by atoms with van der Waals surface area (Å²) >= 11 is 0. The average molecular weight is 510 g/mol. The maximum Gasteiger partial charge on any atom is 0.257 e. The molecule has 1 fully saturated rings. The number of benzene rings is 2. The number of rotatable bonds is 8. The smallest absolute Gasteiger partial charge is 0.257 e. The van der Waals surface area contributed by atoms with Crippen LogP contribution in [0.15, 0.2) is 42.5 Å². The molecular formula is C30H39NO6. The number of fused-ring (bicyclic) bond motifs is 1. The van der Waals surface area contributed by atoms with Gasteiger partial charge in [0.15, 0.2) is 11.7 Å². The first-order valence-electron chi connectivity index (χ1n) is 12.7. The molecule has 0 saturated heterocycles. The molecule has 0 bridgehead atoms. The van der Waals surface area contributed by atoms with Crippen molar-refractivity contribution in [1.29, 1.82) is 0 Å². The molecule has 0 unspecified atom stereocenters. The lowest BCUT2D eigenvalue weighted by molar-refractivity contribution is -0.147. The number of anilines is 1.